The van der Waals surface area contributed by atoms with Crippen LogP contribution in [-0.4, -0.2) is 38.6 Å². The van der Waals surface area contributed by atoms with Gasteiger partial charge in [0.05, 0.1) is 19.3 Å². The highest BCUT2D eigenvalue weighted by atomic mass is 16.5. The fraction of sp³-hybridized carbons (Fsp3) is 0.308. The van der Waals surface area contributed by atoms with Crippen LogP contribution in [0.2, 0.25) is 0 Å². The van der Waals surface area contributed by atoms with Crippen LogP contribution in [-0.2, 0) is 0 Å². The molecule has 1 N–H and O–H groups in total. The molecule has 1 aromatic carbocycles. The number of carbonyl (C=O) groups is 1. The maximum absolute atomic E-state index is 11.8. The van der Waals surface area contributed by atoms with Gasteiger partial charge >= 0.3 is 0 Å². The molecule has 0 aliphatic carbocycles. The highest BCUT2D eigenvalue weighted by Crippen LogP contribution is 2.25. The Balaban J connectivity index is 3.00. The highest BCUT2D eigenvalue weighted by Gasteiger charge is 2.11. The summed E-state index contributed by atoms with van der Waals surface area (Å²) >= 11 is 0. The van der Waals surface area contributed by atoms with Gasteiger partial charge in [0.25, 0.3) is 5.91 Å². The summed E-state index contributed by atoms with van der Waals surface area (Å²) < 4.78 is 5.21. The fourth-order valence-electron chi connectivity index (χ4n) is 1.37. The van der Waals surface area contributed by atoms with E-state index in [0.29, 0.717) is 17.9 Å². The first-order valence-electron chi connectivity index (χ1n) is 5.17. The number of terminal acetylenes is 1. The van der Waals surface area contributed by atoms with Gasteiger partial charge in [0.1, 0.15) is 5.75 Å². The fourth-order valence-corrected chi connectivity index (χ4v) is 1.37. The summed E-state index contributed by atoms with van der Waals surface area (Å²) in [5, 5.41) is 3.02. The summed E-state index contributed by atoms with van der Waals surface area (Å²) in [4.78, 5) is 13.3. The maximum Gasteiger partial charge on any atom is 0.253 e. The standard InChI is InChI=1S/C13H16N2O2/c1-5-8-14-11-7-6-10(9-12(11)17-4)13(16)15(2)3/h1,6-7,9,14H,8H2,2-4H3. The lowest BCUT2D eigenvalue weighted by Crippen LogP contribution is -2.21. The number of nitrogens with zero attached hydrogens (tertiary/aromatic N) is 1. The second-order valence-electron chi connectivity index (χ2n) is 3.67. The molecule has 0 fully saturated rings. The molecule has 4 heteroatoms. The first-order chi connectivity index (χ1) is 8.10. The molecule has 0 atom stereocenters. The molecule has 0 radical (unpaired) electrons. The average molecular weight is 232 g/mol. The molecule has 0 saturated heterocycles. The van der Waals surface area contributed by atoms with Gasteiger partial charge in [-0.25, -0.2) is 0 Å². The zero-order valence-electron chi connectivity index (χ0n) is 10.3. The number of anilines is 1. The first kappa shape index (κ1) is 12.9. The molecule has 0 saturated carbocycles. The third-order valence-corrected chi connectivity index (χ3v) is 2.24. The molecule has 1 amide bonds. The van der Waals surface area contributed by atoms with Crippen LogP contribution in [0.1, 0.15) is 10.4 Å². The summed E-state index contributed by atoms with van der Waals surface area (Å²) in [6, 6.07) is 5.22. The minimum atomic E-state index is -0.0631. The minimum absolute atomic E-state index is 0.0631. The van der Waals surface area contributed by atoms with Gasteiger partial charge in [-0.2, -0.15) is 0 Å². The predicted octanol–water partition coefficient (Wildman–Crippen LogP) is 1.44. The normalized spacial score (nSPS) is 9.29. The summed E-state index contributed by atoms with van der Waals surface area (Å²) in [5.41, 5.74) is 1.36. The minimum Gasteiger partial charge on any atom is -0.495 e. The van der Waals surface area contributed by atoms with Crippen molar-refractivity contribution in [2.24, 2.45) is 0 Å². The number of hydrogen-bond donors (Lipinski definition) is 1. The molecule has 90 valence electrons. The van der Waals surface area contributed by atoms with E-state index in [4.69, 9.17) is 11.2 Å². The number of benzene rings is 1. The third-order valence-electron chi connectivity index (χ3n) is 2.24. The largest absolute Gasteiger partial charge is 0.495 e. The molecule has 0 spiro atoms. The van der Waals surface area contributed by atoms with Gasteiger partial charge in [-0.3, -0.25) is 4.79 Å². The van der Waals surface area contributed by atoms with Crippen molar-refractivity contribution in [2.75, 3.05) is 33.1 Å². The zero-order valence-corrected chi connectivity index (χ0v) is 10.3. The smallest absolute Gasteiger partial charge is 0.253 e. The first-order valence-corrected chi connectivity index (χ1v) is 5.17. The molecule has 0 bridgehead atoms. The zero-order chi connectivity index (χ0) is 12.8. The molecule has 0 heterocycles. The van der Waals surface area contributed by atoms with Crippen LogP contribution in [0.5, 0.6) is 5.75 Å². The lowest BCUT2D eigenvalue weighted by Gasteiger charge is -2.13. The molecule has 0 unspecified atom stereocenters. The number of amides is 1. The van der Waals surface area contributed by atoms with Crippen LogP contribution in [0.15, 0.2) is 18.2 Å². The van der Waals surface area contributed by atoms with E-state index in [1.54, 1.807) is 39.4 Å². The molecule has 1 aromatic rings. The topological polar surface area (TPSA) is 41.6 Å². The number of nitrogens with one attached hydrogen (secondary N) is 1. The Bertz CT molecular complexity index is 447. The van der Waals surface area contributed by atoms with Gasteiger partial charge in [0.15, 0.2) is 0 Å². The van der Waals surface area contributed by atoms with Crippen molar-refractivity contribution < 1.29 is 9.53 Å². The van der Waals surface area contributed by atoms with Crippen molar-refractivity contribution in [1.29, 1.82) is 0 Å². The highest BCUT2D eigenvalue weighted by molar-refractivity contribution is 5.95. The van der Waals surface area contributed by atoms with Gasteiger partial charge in [-0.1, -0.05) is 5.92 Å². The van der Waals surface area contributed by atoms with Gasteiger partial charge in [-0.05, 0) is 18.2 Å². The summed E-state index contributed by atoms with van der Waals surface area (Å²) in [6.45, 7) is 0.414. The molecule has 0 aliphatic rings. The van der Waals surface area contributed by atoms with Crippen LogP contribution < -0.4 is 10.1 Å². The van der Waals surface area contributed by atoms with Gasteiger partial charge in [0.2, 0.25) is 0 Å². The quantitative estimate of drug-likeness (QED) is 0.799. The Morgan fingerprint density at radius 1 is 1.53 bits per heavy atom. The third kappa shape index (κ3) is 3.15. The van der Waals surface area contributed by atoms with Crippen LogP contribution in [0.3, 0.4) is 0 Å². The lowest BCUT2D eigenvalue weighted by molar-refractivity contribution is 0.0827. The monoisotopic (exact) mass is 232 g/mol. The van der Waals surface area contributed by atoms with Crippen LogP contribution >= 0.6 is 0 Å². The molecule has 17 heavy (non-hydrogen) atoms. The van der Waals surface area contributed by atoms with Crippen molar-refractivity contribution in [1.82, 2.24) is 4.90 Å². The van der Waals surface area contributed by atoms with E-state index in [0.717, 1.165) is 5.69 Å². The number of methoxy groups -OCH3 is 1. The van der Waals surface area contributed by atoms with Crippen LogP contribution in [0.25, 0.3) is 0 Å². The Morgan fingerprint density at radius 3 is 2.76 bits per heavy atom. The number of rotatable bonds is 4. The summed E-state index contributed by atoms with van der Waals surface area (Å²) in [7, 11) is 4.97. The van der Waals surface area contributed by atoms with Crippen molar-refractivity contribution >= 4 is 11.6 Å². The van der Waals surface area contributed by atoms with Crippen LogP contribution in [0, 0.1) is 12.3 Å². The molecule has 0 aromatic heterocycles. The van der Waals surface area contributed by atoms with Gasteiger partial charge in [-0.15, -0.1) is 6.42 Å². The molecule has 4 nitrogen and oxygen atoms in total. The van der Waals surface area contributed by atoms with E-state index in [1.165, 1.54) is 4.90 Å². The predicted molar refractivity (Wildman–Crippen MR) is 68.3 cm³/mol. The summed E-state index contributed by atoms with van der Waals surface area (Å²) in [6.07, 6.45) is 5.17. The second-order valence-corrected chi connectivity index (χ2v) is 3.67. The summed E-state index contributed by atoms with van der Waals surface area (Å²) in [5.74, 6) is 3.02. The van der Waals surface area contributed by atoms with E-state index in [2.05, 4.69) is 11.2 Å². The maximum atomic E-state index is 11.8. The Hall–Kier alpha value is -2.15. The van der Waals surface area contributed by atoms with Gasteiger partial charge in [0, 0.05) is 19.7 Å². The van der Waals surface area contributed by atoms with E-state index in [-0.39, 0.29) is 5.91 Å². The van der Waals surface area contributed by atoms with E-state index in [9.17, 15) is 4.79 Å². The van der Waals surface area contributed by atoms with Crippen molar-refractivity contribution in [3.63, 3.8) is 0 Å². The Kier molecular flexibility index (Phi) is 4.41. The van der Waals surface area contributed by atoms with Crippen molar-refractivity contribution in [2.45, 2.75) is 0 Å². The van der Waals surface area contributed by atoms with Crippen molar-refractivity contribution in [3.05, 3.63) is 23.8 Å². The Morgan fingerprint density at radius 2 is 2.24 bits per heavy atom. The number of carbonyl (C=O) groups excluding carboxylic acids is 1. The Labute approximate surface area is 102 Å². The molecular weight excluding hydrogens is 216 g/mol. The lowest BCUT2D eigenvalue weighted by atomic mass is 10.1. The van der Waals surface area contributed by atoms with Crippen LogP contribution in [0.4, 0.5) is 5.69 Å². The molecular formula is C13H16N2O2. The second kappa shape index (κ2) is 5.80. The number of hydrogen-bond acceptors (Lipinski definition) is 3. The van der Waals surface area contributed by atoms with E-state index < -0.39 is 0 Å². The number of ether oxygens (including phenoxy) is 1. The van der Waals surface area contributed by atoms with Gasteiger partial charge < -0.3 is 15.0 Å². The van der Waals surface area contributed by atoms with E-state index >= 15 is 0 Å². The molecule has 0 aliphatic heterocycles. The average Bonchev–Trinajstić information content (AvgIpc) is 2.35. The van der Waals surface area contributed by atoms with Crippen molar-refractivity contribution in [3.8, 4) is 18.1 Å². The molecule has 1 rings (SSSR count). The van der Waals surface area contributed by atoms with E-state index in [1.807, 2.05) is 0 Å². The SMILES string of the molecule is C#CCNc1ccc(C(=O)N(C)C)cc1OC.